The third-order valence-corrected chi connectivity index (χ3v) is 6.71. The molecule has 5 rings (SSSR count). The molecule has 0 aliphatic heterocycles. The number of benzene rings is 4. The van der Waals surface area contributed by atoms with Crippen LogP contribution in [-0.2, 0) is 17.9 Å². The van der Waals surface area contributed by atoms with Crippen LogP contribution in [0, 0.1) is 0 Å². The van der Waals surface area contributed by atoms with Crippen molar-refractivity contribution >= 4 is 46.2 Å². The molecular formula is C32H23Cl2NO3. The largest absolute Gasteiger partial charge is 0.456 e. The first-order valence-corrected chi connectivity index (χ1v) is 12.8. The SMILES string of the molecule is O=C(/C=C/c1ccccc1)N(Cc1cccc(-c2cc(=O)c3ccccc3o2)c1)Cc1ccc(Cl)cc1Cl. The van der Waals surface area contributed by atoms with Crippen LogP contribution in [0.3, 0.4) is 0 Å². The van der Waals surface area contributed by atoms with E-state index in [1.807, 2.05) is 72.8 Å². The summed E-state index contributed by atoms with van der Waals surface area (Å²) in [6.45, 7) is 0.617. The van der Waals surface area contributed by atoms with Gasteiger partial charge in [0.1, 0.15) is 11.3 Å². The van der Waals surface area contributed by atoms with Crippen LogP contribution in [-0.4, -0.2) is 10.8 Å². The lowest BCUT2D eigenvalue weighted by Crippen LogP contribution is -2.28. The van der Waals surface area contributed by atoms with Gasteiger partial charge < -0.3 is 9.32 Å². The van der Waals surface area contributed by atoms with Gasteiger partial charge in [0.25, 0.3) is 0 Å². The van der Waals surface area contributed by atoms with Crippen molar-refractivity contribution in [2.75, 3.05) is 0 Å². The van der Waals surface area contributed by atoms with E-state index in [9.17, 15) is 9.59 Å². The molecule has 0 saturated heterocycles. The summed E-state index contributed by atoms with van der Waals surface area (Å²) in [6.07, 6.45) is 3.35. The molecule has 188 valence electrons. The van der Waals surface area contributed by atoms with Gasteiger partial charge in [0.15, 0.2) is 5.43 Å². The fraction of sp³-hybridized carbons (Fsp3) is 0.0625. The monoisotopic (exact) mass is 539 g/mol. The molecule has 1 heterocycles. The Labute approximate surface area is 230 Å². The quantitative estimate of drug-likeness (QED) is 0.197. The minimum absolute atomic E-state index is 0.104. The highest BCUT2D eigenvalue weighted by Crippen LogP contribution is 2.26. The minimum atomic E-state index is -0.164. The number of rotatable bonds is 7. The molecule has 4 nitrogen and oxygen atoms in total. The highest BCUT2D eigenvalue weighted by molar-refractivity contribution is 6.35. The highest BCUT2D eigenvalue weighted by Gasteiger charge is 2.16. The van der Waals surface area contributed by atoms with E-state index >= 15 is 0 Å². The summed E-state index contributed by atoms with van der Waals surface area (Å²) in [7, 11) is 0. The van der Waals surface area contributed by atoms with Crippen LogP contribution in [0.15, 0.2) is 118 Å². The van der Waals surface area contributed by atoms with Gasteiger partial charge in [-0.2, -0.15) is 0 Å². The van der Waals surface area contributed by atoms with E-state index in [-0.39, 0.29) is 11.3 Å². The molecule has 5 aromatic rings. The molecule has 0 N–H and O–H groups in total. The van der Waals surface area contributed by atoms with Gasteiger partial charge in [-0.1, -0.05) is 89.9 Å². The Morgan fingerprint density at radius 3 is 2.42 bits per heavy atom. The standard InChI is InChI=1S/C32H23Cl2NO3/c33-26-15-14-25(28(34)18-26)21-35(32(37)16-13-22-7-2-1-3-8-22)20-23-9-6-10-24(17-23)31-19-29(36)27-11-4-5-12-30(27)38-31/h1-19H,20-21H2/b16-13+. The number of nitrogens with zero attached hydrogens (tertiary/aromatic N) is 1. The van der Waals surface area contributed by atoms with E-state index in [1.165, 1.54) is 6.07 Å². The Hall–Kier alpha value is -4.12. The summed E-state index contributed by atoms with van der Waals surface area (Å²) in [5.74, 6) is 0.306. The maximum absolute atomic E-state index is 13.4. The first kappa shape index (κ1) is 25.5. The number of amides is 1. The fourth-order valence-corrected chi connectivity index (χ4v) is 4.66. The van der Waals surface area contributed by atoms with E-state index in [0.29, 0.717) is 39.9 Å². The lowest BCUT2D eigenvalue weighted by atomic mass is 10.1. The van der Waals surface area contributed by atoms with Gasteiger partial charge in [0, 0.05) is 40.8 Å². The van der Waals surface area contributed by atoms with Crippen LogP contribution in [0.25, 0.3) is 28.4 Å². The van der Waals surface area contributed by atoms with Gasteiger partial charge in [-0.3, -0.25) is 9.59 Å². The second kappa shape index (κ2) is 11.5. The van der Waals surface area contributed by atoms with E-state index in [4.69, 9.17) is 27.6 Å². The Bertz CT molecular complexity index is 1690. The van der Waals surface area contributed by atoms with E-state index in [2.05, 4.69) is 0 Å². The predicted molar refractivity (Wildman–Crippen MR) is 154 cm³/mol. The van der Waals surface area contributed by atoms with Crippen molar-refractivity contribution in [3.8, 4) is 11.3 Å². The average molecular weight is 540 g/mol. The third-order valence-electron chi connectivity index (χ3n) is 6.13. The van der Waals surface area contributed by atoms with Crippen molar-refractivity contribution in [2.24, 2.45) is 0 Å². The number of hydrogen-bond donors (Lipinski definition) is 0. The lowest BCUT2D eigenvalue weighted by molar-refractivity contribution is -0.127. The minimum Gasteiger partial charge on any atom is -0.456 e. The normalized spacial score (nSPS) is 11.2. The molecule has 1 aromatic heterocycles. The van der Waals surface area contributed by atoms with Gasteiger partial charge in [-0.15, -0.1) is 0 Å². The summed E-state index contributed by atoms with van der Waals surface area (Å²) >= 11 is 12.5. The van der Waals surface area contributed by atoms with Crippen LogP contribution < -0.4 is 5.43 Å². The fourth-order valence-electron chi connectivity index (χ4n) is 4.19. The van der Waals surface area contributed by atoms with Gasteiger partial charge in [0.05, 0.1) is 5.39 Å². The number of carbonyl (C=O) groups is 1. The number of para-hydroxylation sites is 1. The molecule has 38 heavy (non-hydrogen) atoms. The van der Waals surface area contributed by atoms with Crippen molar-refractivity contribution in [1.82, 2.24) is 4.90 Å². The number of carbonyl (C=O) groups excluding carboxylic acids is 1. The van der Waals surface area contributed by atoms with Gasteiger partial charge in [-0.05, 0) is 53.1 Å². The summed E-state index contributed by atoms with van der Waals surface area (Å²) in [6, 6.07) is 31.2. The molecule has 0 fully saturated rings. The van der Waals surface area contributed by atoms with Crippen LogP contribution in [0.2, 0.25) is 10.0 Å². The predicted octanol–water partition coefficient (Wildman–Crippen LogP) is 8.01. The van der Waals surface area contributed by atoms with Crippen molar-refractivity contribution in [3.63, 3.8) is 0 Å². The molecular weight excluding hydrogens is 517 g/mol. The molecule has 0 saturated carbocycles. The average Bonchev–Trinajstić information content (AvgIpc) is 2.93. The van der Waals surface area contributed by atoms with Gasteiger partial charge in [-0.25, -0.2) is 0 Å². The molecule has 0 radical (unpaired) electrons. The zero-order valence-electron chi connectivity index (χ0n) is 20.3. The maximum Gasteiger partial charge on any atom is 0.247 e. The van der Waals surface area contributed by atoms with E-state index in [0.717, 1.165) is 22.3 Å². The van der Waals surface area contributed by atoms with Crippen LogP contribution in [0.5, 0.6) is 0 Å². The highest BCUT2D eigenvalue weighted by atomic mass is 35.5. The zero-order chi connectivity index (χ0) is 26.5. The second-order valence-electron chi connectivity index (χ2n) is 8.85. The first-order valence-electron chi connectivity index (χ1n) is 12.0. The first-order chi connectivity index (χ1) is 18.5. The molecule has 0 spiro atoms. The smallest absolute Gasteiger partial charge is 0.247 e. The summed E-state index contributed by atoms with van der Waals surface area (Å²) in [5.41, 5.74) is 3.77. The Kier molecular flexibility index (Phi) is 7.73. The molecule has 0 unspecified atom stereocenters. The Morgan fingerprint density at radius 1 is 0.816 bits per heavy atom. The molecule has 0 atom stereocenters. The Morgan fingerprint density at radius 2 is 1.61 bits per heavy atom. The molecule has 4 aromatic carbocycles. The van der Waals surface area contributed by atoms with Crippen molar-refractivity contribution in [1.29, 1.82) is 0 Å². The van der Waals surface area contributed by atoms with Crippen molar-refractivity contribution < 1.29 is 9.21 Å². The summed E-state index contributed by atoms with van der Waals surface area (Å²) in [4.78, 5) is 27.7. The van der Waals surface area contributed by atoms with E-state index < -0.39 is 0 Å². The molecule has 6 heteroatoms. The van der Waals surface area contributed by atoms with E-state index in [1.54, 1.807) is 41.3 Å². The third kappa shape index (κ3) is 6.05. The van der Waals surface area contributed by atoms with Gasteiger partial charge in [0.2, 0.25) is 5.91 Å². The van der Waals surface area contributed by atoms with Crippen molar-refractivity contribution in [2.45, 2.75) is 13.1 Å². The number of fused-ring (bicyclic) bond motifs is 1. The van der Waals surface area contributed by atoms with Gasteiger partial charge >= 0.3 is 0 Å². The topological polar surface area (TPSA) is 50.5 Å². The van der Waals surface area contributed by atoms with Crippen molar-refractivity contribution in [3.05, 3.63) is 146 Å². The van der Waals surface area contributed by atoms with Crippen LogP contribution >= 0.6 is 23.2 Å². The van der Waals surface area contributed by atoms with Crippen LogP contribution in [0.1, 0.15) is 16.7 Å². The Balaban J connectivity index is 1.45. The summed E-state index contributed by atoms with van der Waals surface area (Å²) in [5, 5.41) is 1.56. The molecule has 0 aliphatic rings. The lowest BCUT2D eigenvalue weighted by Gasteiger charge is -2.22. The summed E-state index contributed by atoms with van der Waals surface area (Å²) < 4.78 is 6.02. The van der Waals surface area contributed by atoms with Crippen LogP contribution in [0.4, 0.5) is 0 Å². The molecule has 0 bridgehead atoms. The number of halogens is 2. The molecule has 1 amide bonds. The number of hydrogen-bond acceptors (Lipinski definition) is 3. The molecule has 0 aliphatic carbocycles. The zero-order valence-corrected chi connectivity index (χ0v) is 21.8. The maximum atomic E-state index is 13.4. The second-order valence-corrected chi connectivity index (χ2v) is 9.69.